The van der Waals surface area contributed by atoms with Gasteiger partial charge in [-0.1, -0.05) is 23.8 Å². The molecule has 100 valence electrons. The quantitative estimate of drug-likeness (QED) is 0.597. The SMILES string of the molecule is NC(=S)CCCCNS(=O)(=O)c1ccc(Cl)cc1. The molecule has 1 aromatic rings. The van der Waals surface area contributed by atoms with Crippen molar-refractivity contribution in [3.63, 3.8) is 0 Å². The van der Waals surface area contributed by atoms with Gasteiger partial charge in [0.05, 0.1) is 9.88 Å². The van der Waals surface area contributed by atoms with Crippen LogP contribution in [-0.4, -0.2) is 20.0 Å². The molecule has 0 heterocycles. The van der Waals surface area contributed by atoms with E-state index in [1.165, 1.54) is 12.1 Å². The molecule has 0 saturated heterocycles. The third-order valence-corrected chi connectivity index (χ3v) is 4.20. The first-order valence-electron chi connectivity index (χ1n) is 5.45. The standard InChI is InChI=1S/C11H15ClN2O2S2/c12-9-4-6-10(7-5-9)18(15,16)14-8-2-1-3-11(13)17/h4-7,14H,1-3,8H2,(H2,13,17). The fraction of sp³-hybridized carbons (Fsp3) is 0.364. The number of benzene rings is 1. The van der Waals surface area contributed by atoms with E-state index in [-0.39, 0.29) is 4.90 Å². The van der Waals surface area contributed by atoms with Crippen LogP contribution in [0.4, 0.5) is 0 Å². The number of rotatable bonds is 7. The minimum atomic E-state index is -3.45. The molecule has 0 aliphatic carbocycles. The van der Waals surface area contributed by atoms with E-state index in [0.29, 0.717) is 29.4 Å². The normalized spacial score (nSPS) is 11.4. The van der Waals surface area contributed by atoms with Crippen LogP contribution < -0.4 is 10.5 Å². The summed E-state index contributed by atoms with van der Waals surface area (Å²) < 4.78 is 26.2. The first-order valence-corrected chi connectivity index (χ1v) is 7.72. The van der Waals surface area contributed by atoms with Gasteiger partial charge >= 0.3 is 0 Å². The van der Waals surface area contributed by atoms with Crippen molar-refractivity contribution >= 4 is 38.8 Å². The number of nitrogens with two attached hydrogens (primary N) is 1. The van der Waals surface area contributed by atoms with Crippen molar-refractivity contribution in [1.82, 2.24) is 4.72 Å². The minimum Gasteiger partial charge on any atom is -0.393 e. The van der Waals surface area contributed by atoms with Gasteiger partial charge in [-0.2, -0.15) is 0 Å². The molecule has 1 rings (SSSR count). The Balaban J connectivity index is 2.45. The summed E-state index contributed by atoms with van der Waals surface area (Å²) in [6, 6.07) is 6.03. The number of thiocarbonyl (C=S) groups is 1. The molecular formula is C11H15ClN2O2S2. The highest BCUT2D eigenvalue weighted by atomic mass is 35.5. The Morgan fingerprint density at radius 2 is 1.89 bits per heavy atom. The van der Waals surface area contributed by atoms with Crippen LogP contribution >= 0.6 is 23.8 Å². The summed E-state index contributed by atoms with van der Waals surface area (Å²) in [4.78, 5) is 0.664. The number of unbranched alkanes of at least 4 members (excludes halogenated alkanes) is 1. The van der Waals surface area contributed by atoms with Crippen molar-refractivity contribution in [3.05, 3.63) is 29.3 Å². The number of sulfonamides is 1. The van der Waals surface area contributed by atoms with Gasteiger partial charge in [0, 0.05) is 11.6 Å². The average molecular weight is 307 g/mol. The Labute approximate surface area is 118 Å². The van der Waals surface area contributed by atoms with Crippen molar-refractivity contribution in [2.24, 2.45) is 5.73 Å². The summed E-state index contributed by atoms with van der Waals surface area (Å²) in [7, 11) is -3.45. The minimum absolute atomic E-state index is 0.209. The summed E-state index contributed by atoms with van der Waals surface area (Å²) in [5.74, 6) is 0. The molecule has 0 spiro atoms. The maximum Gasteiger partial charge on any atom is 0.240 e. The van der Waals surface area contributed by atoms with Crippen LogP contribution in [0.15, 0.2) is 29.2 Å². The Kier molecular flexibility index (Phi) is 6.01. The predicted molar refractivity (Wildman–Crippen MR) is 77.3 cm³/mol. The molecule has 3 N–H and O–H groups in total. The highest BCUT2D eigenvalue weighted by Gasteiger charge is 2.12. The van der Waals surface area contributed by atoms with Crippen LogP contribution in [0.25, 0.3) is 0 Å². The molecular weight excluding hydrogens is 292 g/mol. The lowest BCUT2D eigenvalue weighted by molar-refractivity contribution is 0.577. The van der Waals surface area contributed by atoms with Gasteiger partial charge in [0.1, 0.15) is 0 Å². The van der Waals surface area contributed by atoms with Crippen LogP contribution in [0, 0.1) is 0 Å². The zero-order valence-electron chi connectivity index (χ0n) is 9.73. The van der Waals surface area contributed by atoms with E-state index in [0.717, 1.165) is 6.42 Å². The molecule has 0 aromatic heterocycles. The van der Waals surface area contributed by atoms with Gasteiger partial charge in [0.25, 0.3) is 0 Å². The summed E-state index contributed by atoms with van der Waals surface area (Å²) in [5.41, 5.74) is 5.35. The Bertz CT molecular complexity index is 500. The van der Waals surface area contributed by atoms with Crippen LogP contribution in [0.3, 0.4) is 0 Å². The second kappa shape index (κ2) is 7.04. The lowest BCUT2D eigenvalue weighted by Gasteiger charge is -2.06. The molecule has 4 nitrogen and oxygen atoms in total. The van der Waals surface area contributed by atoms with Crippen molar-refractivity contribution < 1.29 is 8.42 Å². The van der Waals surface area contributed by atoms with E-state index in [9.17, 15) is 8.42 Å². The molecule has 0 bridgehead atoms. The monoisotopic (exact) mass is 306 g/mol. The number of hydrogen-bond acceptors (Lipinski definition) is 3. The smallest absolute Gasteiger partial charge is 0.240 e. The van der Waals surface area contributed by atoms with Gasteiger partial charge in [-0.3, -0.25) is 0 Å². The molecule has 0 radical (unpaired) electrons. The second-order valence-corrected chi connectivity index (χ2v) is 6.50. The molecule has 18 heavy (non-hydrogen) atoms. The molecule has 0 aliphatic rings. The van der Waals surface area contributed by atoms with Crippen LogP contribution in [0.2, 0.25) is 5.02 Å². The topological polar surface area (TPSA) is 72.2 Å². The van der Waals surface area contributed by atoms with Crippen LogP contribution in [0.5, 0.6) is 0 Å². The fourth-order valence-corrected chi connectivity index (χ4v) is 2.67. The molecule has 7 heteroatoms. The first-order chi connectivity index (χ1) is 8.42. The number of hydrogen-bond donors (Lipinski definition) is 2. The highest BCUT2D eigenvalue weighted by Crippen LogP contribution is 2.13. The molecule has 0 aliphatic heterocycles. The van der Waals surface area contributed by atoms with E-state index >= 15 is 0 Å². The maximum atomic E-state index is 11.8. The van der Waals surface area contributed by atoms with Gasteiger partial charge in [-0.25, -0.2) is 13.1 Å². The molecule has 0 atom stereocenters. The third kappa shape index (κ3) is 5.30. The summed E-state index contributed by atoms with van der Waals surface area (Å²) in [6.45, 7) is 0.369. The Morgan fingerprint density at radius 3 is 2.44 bits per heavy atom. The zero-order chi connectivity index (χ0) is 13.6. The van der Waals surface area contributed by atoms with Crippen molar-refractivity contribution in [3.8, 4) is 0 Å². The average Bonchev–Trinajstić information content (AvgIpc) is 2.28. The highest BCUT2D eigenvalue weighted by molar-refractivity contribution is 7.89. The van der Waals surface area contributed by atoms with Crippen molar-refractivity contribution in [2.45, 2.75) is 24.2 Å². The Hall–Kier alpha value is -0.690. The van der Waals surface area contributed by atoms with E-state index in [2.05, 4.69) is 4.72 Å². The summed E-state index contributed by atoms with van der Waals surface area (Å²) >= 11 is 10.4. The van der Waals surface area contributed by atoms with Crippen molar-refractivity contribution in [2.75, 3.05) is 6.54 Å². The number of nitrogens with one attached hydrogen (secondary N) is 1. The molecule has 0 unspecified atom stereocenters. The predicted octanol–water partition coefficient (Wildman–Crippen LogP) is 2.07. The van der Waals surface area contributed by atoms with E-state index in [1.54, 1.807) is 12.1 Å². The van der Waals surface area contributed by atoms with Gasteiger partial charge < -0.3 is 5.73 Å². The summed E-state index contributed by atoms with van der Waals surface area (Å²) in [6.07, 6.45) is 2.11. The molecule has 1 aromatic carbocycles. The van der Waals surface area contributed by atoms with Crippen LogP contribution in [0.1, 0.15) is 19.3 Å². The van der Waals surface area contributed by atoms with E-state index in [1.807, 2.05) is 0 Å². The first kappa shape index (κ1) is 15.4. The lowest BCUT2D eigenvalue weighted by atomic mass is 10.2. The molecule has 0 fully saturated rings. The van der Waals surface area contributed by atoms with Gasteiger partial charge in [-0.05, 0) is 43.5 Å². The maximum absolute atomic E-state index is 11.8. The van der Waals surface area contributed by atoms with Gasteiger partial charge in [0.15, 0.2) is 0 Å². The molecule has 0 saturated carbocycles. The van der Waals surface area contributed by atoms with Gasteiger partial charge in [0.2, 0.25) is 10.0 Å². The lowest BCUT2D eigenvalue weighted by Crippen LogP contribution is -2.25. The van der Waals surface area contributed by atoms with E-state index in [4.69, 9.17) is 29.6 Å². The number of halogens is 1. The van der Waals surface area contributed by atoms with Crippen LogP contribution in [-0.2, 0) is 10.0 Å². The zero-order valence-corrected chi connectivity index (χ0v) is 12.1. The van der Waals surface area contributed by atoms with E-state index < -0.39 is 10.0 Å². The summed E-state index contributed by atoms with van der Waals surface area (Å²) in [5, 5.41) is 0.505. The fourth-order valence-electron chi connectivity index (χ4n) is 1.33. The third-order valence-electron chi connectivity index (χ3n) is 2.27. The van der Waals surface area contributed by atoms with Crippen molar-refractivity contribution in [1.29, 1.82) is 0 Å². The largest absolute Gasteiger partial charge is 0.393 e. The molecule has 0 amide bonds. The van der Waals surface area contributed by atoms with Gasteiger partial charge in [-0.15, -0.1) is 0 Å². The second-order valence-electron chi connectivity index (χ2n) is 3.78. The Morgan fingerprint density at radius 1 is 1.28 bits per heavy atom.